The lowest BCUT2D eigenvalue weighted by Gasteiger charge is -1.89. The van der Waals surface area contributed by atoms with Crippen LogP contribution in [0.25, 0.3) is 21.9 Å². The molecule has 0 fully saturated rings. The number of hydrogen-bond acceptors (Lipinski definition) is 2. The second-order valence-corrected chi connectivity index (χ2v) is 3.55. The number of pyridine rings is 1. The number of fused-ring (bicyclic) bond motifs is 3. The molecule has 3 heteroatoms. The molecular formula is C11H6ClNO. The van der Waals surface area contributed by atoms with E-state index in [-0.39, 0.29) is 0 Å². The van der Waals surface area contributed by atoms with Gasteiger partial charge in [-0.1, -0.05) is 11.6 Å². The fourth-order valence-corrected chi connectivity index (χ4v) is 1.78. The Kier molecular flexibility index (Phi) is 1.52. The van der Waals surface area contributed by atoms with Crippen LogP contribution >= 0.6 is 11.6 Å². The fraction of sp³-hybridized carbons (Fsp3) is 0. The van der Waals surface area contributed by atoms with E-state index in [1.165, 1.54) is 0 Å². The monoisotopic (exact) mass is 203 g/mol. The van der Waals surface area contributed by atoms with Crippen LogP contribution in [-0.4, -0.2) is 4.98 Å². The molecule has 0 unspecified atom stereocenters. The van der Waals surface area contributed by atoms with Crippen LogP contribution in [0.2, 0.25) is 5.02 Å². The van der Waals surface area contributed by atoms with E-state index < -0.39 is 0 Å². The van der Waals surface area contributed by atoms with Crippen molar-refractivity contribution in [3.05, 3.63) is 41.7 Å². The summed E-state index contributed by atoms with van der Waals surface area (Å²) >= 11 is 5.92. The lowest BCUT2D eigenvalue weighted by molar-refractivity contribution is 0.667. The SMILES string of the molecule is Clc1ccc2oc3cnccc3c2c1. The third-order valence-electron chi connectivity index (χ3n) is 2.24. The summed E-state index contributed by atoms with van der Waals surface area (Å²) in [6.45, 7) is 0. The van der Waals surface area contributed by atoms with E-state index in [2.05, 4.69) is 4.98 Å². The van der Waals surface area contributed by atoms with Crippen LogP contribution in [0.1, 0.15) is 0 Å². The molecular weight excluding hydrogens is 198 g/mol. The number of rotatable bonds is 0. The van der Waals surface area contributed by atoms with Crippen molar-refractivity contribution in [3.8, 4) is 0 Å². The van der Waals surface area contributed by atoms with Crippen molar-refractivity contribution in [1.82, 2.24) is 4.98 Å². The molecule has 2 aromatic heterocycles. The molecule has 68 valence electrons. The predicted molar refractivity (Wildman–Crippen MR) is 56.5 cm³/mol. The van der Waals surface area contributed by atoms with Gasteiger partial charge in [-0.2, -0.15) is 0 Å². The van der Waals surface area contributed by atoms with Gasteiger partial charge in [0.1, 0.15) is 5.58 Å². The molecule has 0 atom stereocenters. The predicted octanol–water partition coefficient (Wildman–Crippen LogP) is 3.63. The Labute approximate surface area is 85.1 Å². The maximum Gasteiger partial charge on any atom is 0.153 e. The molecule has 14 heavy (non-hydrogen) atoms. The van der Waals surface area contributed by atoms with Crippen LogP contribution in [0.3, 0.4) is 0 Å². The van der Waals surface area contributed by atoms with Crippen molar-refractivity contribution in [2.45, 2.75) is 0 Å². The van der Waals surface area contributed by atoms with Gasteiger partial charge in [0, 0.05) is 22.0 Å². The quantitative estimate of drug-likeness (QED) is 0.558. The summed E-state index contributed by atoms with van der Waals surface area (Å²) in [5.74, 6) is 0. The molecule has 0 amide bonds. The topological polar surface area (TPSA) is 26.0 Å². The number of nitrogens with zero attached hydrogens (tertiary/aromatic N) is 1. The second-order valence-electron chi connectivity index (χ2n) is 3.11. The van der Waals surface area contributed by atoms with Gasteiger partial charge in [-0.3, -0.25) is 4.98 Å². The number of hydrogen-bond donors (Lipinski definition) is 0. The molecule has 0 saturated carbocycles. The van der Waals surface area contributed by atoms with E-state index in [0.717, 1.165) is 27.0 Å². The van der Waals surface area contributed by atoms with Crippen LogP contribution in [-0.2, 0) is 0 Å². The molecule has 0 aliphatic heterocycles. The average molecular weight is 204 g/mol. The number of halogens is 1. The van der Waals surface area contributed by atoms with E-state index in [1.807, 2.05) is 24.3 Å². The maximum absolute atomic E-state index is 5.92. The standard InChI is InChI=1S/C11H6ClNO/c12-7-1-2-10-9(5-7)8-3-4-13-6-11(8)14-10/h1-6H. The van der Waals surface area contributed by atoms with E-state index in [4.69, 9.17) is 16.0 Å². The highest BCUT2D eigenvalue weighted by Crippen LogP contribution is 2.29. The largest absolute Gasteiger partial charge is 0.454 e. The summed E-state index contributed by atoms with van der Waals surface area (Å²) in [5.41, 5.74) is 1.64. The summed E-state index contributed by atoms with van der Waals surface area (Å²) in [5, 5.41) is 2.81. The van der Waals surface area contributed by atoms with Gasteiger partial charge < -0.3 is 4.42 Å². The van der Waals surface area contributed by atoms with Gasteiger partial charge in [0.25, 0.3) is 0 Å². The maximum atomic E-state index is 5.92. The van der Waals surface area contributed by atoms with Gasteiger partial charge in [0.15, 0.2) is 5.58 Å². The lowest BCUT2D eigenvalue weighted by Crippen LogP contribution is -1.68. The normalized spacial score (nSPS) is 11.2. The van der Waals surface area contributed by atoms with E-state index in [9.17, 15) is 0 Å². The van der Waals surface area contributed by atoms with Crippen molar-refractivity contribution in [1.29, 1.82) is 0 Å². The first-order chi connectivity index (χ1) is 6.84. The Bertz CT molecular complexity index is 615. The summed E-state index contributed by atoms with van der Waals surface area (Å²) in [7, 11) is 0. The Morgan fingerprint density at radius 2 is 2.00 bits per heavy atom. The summed E-state index contributed by atoms with van der Waals surface area (Å²) in [4.78, 5) is 4.00. The molecule has 3 rings (SSSR count). The van der Waals surface area contributed by atoms with Crippen molar-refractivity contribution >= 4 is 33.5 Å². The molecule has 0 N–H and O–H groups in total. The summed E-state index contributed by atoms with van der Waals surface area (Å²) in [6.07, 6.45) is 3.46. The van der Waals surface area contributed by atoms with Crippen molar-refractivity contribution in [3.63, 3.8) is 0 Å². The van der Waals surface area contributed by atoms with E-state index in [1.54, 1.807) is 12.4 Å². The molecule has 0 saturated heterocycles. The number of furan rings is 1. The average Bonchev–Trinajstić information content (AvgIpc) is 2.56. The first kappa shape index (κ1) is 7.83. The fourth-order valence-electron chi connectivity index (χ4n) is 1.60. The Morgan fingerprint density at radius 3 is 2.93 bits per heavy atom. The second kappa shape index (κ2) is 2.72. The zero-order valence-corrected chi connectivity index (χ0v) is 7.95. The first-order valence-electron chi connectivity index (χ1n) is 4.26. The molecule has 0 aliphatic rings. The molecule has 0 bridgehead atoms. The zero-order valence-electron chi connectivity index (χ0n) is 7.20. The van der Waals surface area contributed by atoms with Crippen LogP contribution < -0.4 is 0 Å². The molecule has 0 radical (unpaired) electrons. The zero-order chi connectivity index (χ0) is 9.54. The third kappa shape index (κ3) is 1.01. The highest BCUT2D eigenvalue weighted by Gasteiger charge is 2.05. The summed E-state index contributed by atoms with van der Waals surface area (Å²) in [6, 6.07) is 7.53. The van der Waals surface area contributed by atoms with Crippen LogP contribution in [0.4, 0.5) is 0 Å². The molecule has 2 nitrogen and oxygen atoms in total. The molecule has 0 aliphatic carbocycles. The summed E-state index contributed by atoms with van der Waals surface area (Å²) < 4.78 is 5.59. The Hall–Kier alpha value is -1.54. The third-order valence-corrected chi connectivity index (χ3v) is 2.47. The van der Waals surface area contributed by atoms with Gasteiger partial charge >= 0.3 is 0 Å². The highest BCUT2D eigenvalue weighted by molar-refractivity contribution is 6.31. The lowest BCUT2D eigenvalue weighted by atomic mass is 10.2. The van der Waals surface area contributed by atoms with Crippen molar-refractivity contribution in [2.24, 2.45) is 0 Å². The Morgan fingerprint density at radius 1 is 1.07 bits per heavy atom. The van der Waals surface area contributed by atoms with Gasteiger partial charge in [0.05, 0.1) is 6.20 Å². The van der Waals surface area contributed by atoms with Gasteiger partial charge in [-0.15, -0.1) is 0 Å². The van der Waals surface area contributed by atoms with Crippen LogP contribution in [0.5, 0.6) is 0 Å². The molecule has 2 heterocycles. The van der Waals surface area contributed by atoms with Crippen LogP contribution in [0, 0.1) is 0 Å². The Balaban J connectivity index is 2.58. The van der Waals surface area contributed by atoms with Gasteiger partial charge in [0.2, 0.25) is 0 Å². The molecule has 0 spiro atoms. The molecule has 1 aromatic carbocycles. The van der Waals surface area contributed by atoms with Crippen molar-refractivity contribution in [2.75, 3.05) is 0 Å². The van der Waals surface area contributed by atoms with E-state index in [0.29, 0.717) is 0 Å². The van der Waals surface area contributed by atoms with E-state index >= 15 is 0 Å². The molecule has 3 aromatic rings. The smallest absolute Gasteiger partial charge is 0.153 e. The van der Waals surface area contributed by atoms with Gasteiger partial charge in [-0.05, 0) is 24.3 Å². The number of aromatic nitrogens is 1. The highest BCUT2D eigenvalue weighted by atomic mass is 35.5. The minimum atomic E-state index is 0.719. The van der Waals surface area contributed by atoms with Crippen LogP contribution in [0.15, 0.2) is 41.1 Å². The first-order valence-corrected chi connectivity index (χ1v) is 4.64. The van der Waals surface area contributed by atoms with Gasteiger partial charge in [-0.25, -0.2) is 0 Å². The number of benzene rings is 1. The minimum absolute atomic E-state index is 0.719. The van der Waals surface area contributed by atoms with Crippen molar-refractivity contribution < 1.29 is 4.42 Å². The minimum Gasteiger partial charge on any atom is -0.454 e.